The van der Waals surface area contributed by atoms with Crippen molar-refractivity contribution in [3.63, 3.8) is 0 Å². The Balaban J connectivity index is 1.64. The lowest BCUT2D eigenvalue weighted by molar-refractivity contribution is 0.0924. The highest BCUT2D eigenvalue weighted by atomic mass is 16.2. The van der Waals surface area contributed by atoms with Crippen LogP contribution in [0.15, 0.2) is 53.7 Å². The highest BCUT2D eigenvalue weighted by Crippen LogP contribution is 2.16. The number of nitrogens with zero attached hydrogens (tertiary/aromatic N) is 4. The Morgan fingerprint density at radius 1 is 1.27 bits per heavy atom. The van der Waals surface area contributed by atoms with Crippen molar-refractivity contribution in [2.75, 3.05) is 0 Å². The third kappa shape index (κ3) is 2.81. The zero-order chi connectivity index (χ0) is 18.1. The smallest absolute Gasteiger partial charge is 0.287 e. The molecule has 1 amide bonds. The summed E-state index contributed by atoms with van der Waals surface area (Å²) in [5, 5.41) is 3.32. The zero-order valence-electron chi connectivity index (χ0n) is 14.0. The van der Waals surface area contributed by atoms with E-state index >= 15 is 0 Å². The molecule has 130 valence electrons. The molecule has 8 heteroatoms. The number of benzene rings is 1. The Labute approximate surface area is 147 Å². The molecule has 1 aromatic carbocycles. The van der Waals surface area contributed by atoms with E-state index in [1.807, 2.05) is 25.4 Å². The van der Waals surface area contributed by atoms with Gasteiger partial charge in [-0.25, -0.2) is 15.0 Å². The number of amides is 1. The quantitative estimate of drug-likeness (QED) is 0.585. The minimum absolute atomic E-state index is 0.0194. The number of fused-ring (bicyclic) bond motifs is 2. The lowest BCUT2D eigenvalue weighted by atomic mass is 10.1. The summed E-state index contributed by atoms with van der Waals surface area (Å²) >= 11 is 0. The number of carbonyl (C=O) groups is 1. The molecule has 0 bridgehead atoms. The van der Waals surface area contributed by atoms with Gasteiger partial charge < -0.3 is 10.3 Å². The molecule has 0 aliphatic carbocycles. The summed E-state index contributed by atoms with van der Waals surface area (Å²) in [6.45, 7) is 1.94. The van der Waals surface area contributed by atoms with Crippen molar-refractivity contribution < 1.29 is 4.79 Å². The highest BCUT2D eigenvalue weighted by molar-refractivity contribution is 5.92. The number of hydrogen-bond acceptors (Lipinski definition) is 5. The lowest BCUT2D eigenvalue weighted by Crippen LogP contribution is -2.31. The normalized spacial score (nSPS) is 12.3. The third-order valence-electron chi connectivity index (χ3n) is 4.15. The predicted molar refractivity (Wildman–Crippen MR) is 95.8 cm³/mol. The first-order valence-electron chi connectivity index (χ1n) is 8.25. The number of imidazole rings is 1. The number of hydrogen-bond donors (Lipinski definition) is 2. The predicted octanol–water partition coefficient (Wildman–Crippen LogP) is 1.85. The van der Waals surface area contributed by atoms with E-state index < -0.39 is 5.91 Å². The van der Waals surface area contributed by atoms with E-state index in [0.29, 0.717) is 28.8 Å². The molecule has 0 fully saturated rings. The van der Waals surface area contributed by atoms with Gasteiger partial charge in [0.05, 0.1) is 22.6 Å². The first-order valence-corrected chi connectivity index (χ1v) is 8.25. The van der Waals surface area contributed by atoms with Crippen LogP contribution in [0.3, 0.4) is 0 Å². The van der Waals surface area contributed by atoms with Crippen LogP contribution in [-0.4, -0.2) is 30.2 Å². The van der Waals surface area contributed by atoms with Gasteiger partial charge in [0.1, 0.15) is 0 Å². The first kappa shape index (κ1) is 15.9. The van der Waals surface area contributed by atoms with Crippen LogP contribution in [0.2, 0.25) is 0 Å². The van der Waals surface area contributed by atoms with Gasteiger partial charge in [-0.1, -0.05) is 19.1 Å². The maximum absolute atomic E-state index is 12.6. The average molecular weight is 348 g/mol. The van der Waals surface area contributed by atoms with Crippen LogP contribution in [0.1, 0.15) is 35.7 Å². The van der Waals surface area contributed by atoms with E-state index in [4.69, 9.17) is 0 Å². The molecule has 0 spiro atoms. The van der Waals surface area contributed by atoms with Gasteiger partial charge in [-0.3, -0.25) is 14.0 Å². The fourth-order valence-electron chi connectivity index (χ4n) is 2.82. The fraction of sp³-hybridized carbons (Fsp3) is 0.167. The molecule has 0 unspecified atom stereocenters. The summed E-state index contributed by atoms with van der Waals surface area (Å²) in [7, 11) is 0. The molecule has 0 aliphatic heterocycles. The van der Waals surface area contributed by atoms with Gasteiger partial charge in [-0.05, 0) is 24.6 Å². The number of carbonyl (C=O) groups excluding carboxylic acids is 1. The van der Waals surface area contributed by atoms with Gasteiger partial charge in [0, 0.05) is 18.6 Å². The number of aromatic amines is 1. The third-order valence-corrected chi connectivity index (χ3v) is 4.15. The summed E-state index contributed by atoms with van der Waals surface area (Å²) in [6.07, 6.45) is 5.96. The minimum Gasteiger partial charge on any atom is -0.341 e. The SMILES string of the molecule is CC[C@H](NC(=O)c1nc2ccccc2c(=O)[nH]1)c1cn2cccnc2n1. The van der Waals surface area contributed by atoms with Crippen molar-refractivity contribution in [2.24, 2.45) is 0 Å². The van der Waals surface area contributed by atoms with Gasteiger partial charge in [-0.2, -0.15) is 0 Å². The Morgan fingerprint density at radius 3 is 2.92 bits per heavy atom. The molecule has 0 radical (unpaired) electrons. The van der Waals surface area contributed by atoms with E-state index in [0.717, 1.165) is 0 Å². The van der Waals surface area contributed by atoms with Crippen LogP contribution in [0, 0.1) is 0 Å². The number of aromatic nitrogens is 5. The van der Waals surface area contributed by atoms with Crippen LogP contribution in [0.25, 0.3) is 16.7 Å². The maximum atomic E-state index is 12.6. The van der Waals surface area contributed by atoms with Crippen molar-refractivity contribution in [3.8, 4) is 0 Å². The zero-order valence-corrected chi connectivity index (χ0v) is 14.0. The van der Waals surface area contributed by atoms with Crippen molar-refractivity contribution >= 4 is 22.6 Å². The van der Waals surface area contributed by atoms with E-state index in [9.17, 15) is 9.59 Å². The monoisotopic (exact) mass is 348 g/mol. The second-order valence-corrected chi connectivity index (χ2v) is 5.86. The summed E-state index contributed by atoms with van der Waals surface area (Å²) < 4.78 is 1.79. The molecule has 0 saturated heterocycles. The van der Waals surface area contributed by atoms with E-state index in [1.54, 1.807) is 34.9 Å². The average Bonchev–Trinajstić information content (AvgIpc) is 3.09. The van der Waals surface area contributed by atoms with E-state index in [2.05, 4.69) is 25.3 Å². The Hall–Kier alpha value is -3.55. The summed E-state index contributed by atoms with van der Waals surface area (Å²) in [5.74, 6) is 0.0891. The molecule has 2 N–H and O–H groups in total. The minimum atomic E-state index is -0.454. The van der Waals surface area contributed by atoms with Crippen LogP contribution >= 0.6 is 0 Å². The van der Waals surface area contributed by atoms with Crippen molar-refractivity contribution in [1.29, 1.82) is 0 Å². The van der Waals surface area contributed by atoms with Gasteiger partial charge >= 0.3 is 0 Å². The molecule has 0 aliphatic rings. The van der Waals surface area contributed by atoms with Gasteiger partial charge in [0.15, 0.2) is 5.82 Å². The summed E-state index contributed by atoms with van der Waals surface area (Å²) in [4.78, 5) is 40.2. The second-order valence-electron chi connectivity index (χ2n) is 5.86. The number of H-pyrrole nitrogens is 1. The largest absolute Gasteiger partial charge is 0.341 e. The van der Waals surface area contributed by atoms with Crippen LogP contribution in [0.5, 0.6) is 0 Å². The lowest BCUT2D eigenvalue weighted by Gasteiger charge is -2.14. The molecule has 4 aromatic rings. The van der Waals surface area contributed by atoms with Gasteiger partial charge in [0.2, 0.25) is 5.78 Å². The molecule has 4 rings (SSSR count). The topological polar surface area (TPSA) is 105 Å². The number of nitrogens with one attached hydrogen (secondary N) is 2. The molecule has 3 aromatic heterocycles. The number of rotatable bonds is 4. The molecule has 1 atom stereocenters. The molecule has 26 heavy (non-hydrogen) atoms. The summed E-state index contributed by atoms with van der Waals surface area (Å²) in [5.41, 5.74) is 0.833. The van der Waals surface area contributed by atoms with Crippen LogP contribution in [0.4, 0.5) is 0 Å². The standard InChI is InChI=1S/C18H16N6O2/c1-2-12(14-10-24-9-5-8-19-18(24)22-14)21-17(26)15-20-13-7-4-3-6-11(13)16(25)23-15/h3-10,12H,2H2,1H3,(H,21,26)(H,20,23,25)/t12-/m0/s1. The Morgan fingerprint density at radius 2 is 2.12 bits per heavy atom. The highest BCUT2D eigenvalue weighted by Gasteiger charge is 2.19. The maximum Gasteiger partial charge on any atom is 0.287 e. The van der Waals surface area contributed by atoms with Crippen molar-refractivity contribution in [3.05, 3.63) is 70.8 Å². The molecule has 0 saturated carbocycles. The molecular formula is C18H16N6O2. The Bertz CT molecular complexity index is 1130. The van der Waals surface area contributed by atoms with Gasteiger partial charge in [0.25, 0.3) is 11.5 Å². The molecular weight excluding hydrogens is 332 g/mol. The second kappa shape index (κ2) is 6.40. The van der Waals surface area contributed by atoms with E-state index in [1.165, 1.54) is 0 Å². The molecule has 3 heterocycles. The van der Waals surface area contributed by atoms with Gasteiger partial charge in [-0.15, -0.1) is 0 Å². The van der Waals surface area contributed by atoms with Crippen LogP contribution < -0.4 is 10.9 Å². The van der Waals surface area contributed by atoms with Crippen molar-refractivity contribution in [1.82, 2.24) is 29.7 Å². The first-order chi connectivity index (χ1) is 12.7. The van der Waals surface area contributed by atoms with Crippen molar-refractivity contribution in [2.45, 2.75) is 19.4 Å². The molecule has 8 nitrogen and oxygen atoms in total. The van der Waals surface area contributed by atoms with Crippen LogP contribution in [-0.2, 0) is 0 Å². The Kier molecular flexibility index (Phi) is 3.92. The number of para-hydroxylation sites is 1. The van der Waals surface area contributed by atoms with E-state index in [-0.39, 0.29) is 17.4 Å². The fourth-order valence-corrected chi connectivity index (χ4v) is 2.82. The summed E-state index contributed by atoms with van der Waals surface area (Å²) in [6, 6.07) is 8.38.